The molecule has 0 fully saturated rings. The van der Waals surface area contributed by atoms with Crippen LogP contribution in [0.1, 0.15) is 27.2 Å². The maximum Gasteiger partial charge on any atom is 0.152 e. The van der Waals surface area contributed by atoms with Crippen molar-refractivity contribution in [3.8, 4) is 0 Å². The van der Waals surface area contributed by atoms with Crippen LogP contribution in [-0.2, 0) is 4.79 Å². The Hall–Kier alpha value is -0.930. The van der Waals surface area contributed by atoms with Crippen LogP contribution in [0.2, 0.25) is 0 Å². The molecule has 0 aliphatic heterocycles. The molecule has 0 saturated carbocycles. The largest absolute Gasteiger partial charge is 0.396 e. The van der Waals surface area contributed by atoms with Gasteiger partial charge in [-0.05, 0) is 26.3 Å². The summed E-state index contributed by atoms with van der Waals surface area (Å²) >= 11 is 0. The Kier molecular flexibility index (Phi) is 6.92. The summed E-state index contributed by atoms with van der Waals surface area (Å²) in [7, 11) is 0. The predicted octanol–water partition coefficient (Wildman–Crippen LogP) is 1.46. The van der Waals surface area contributed by atoms with Crippen LogP contribution in [0.25, 0.3) is 0 Å². The first-order valence-corrected chi connectivity index (χ1v) is 5.17. The van der Waals surface area contributed by atoms with Gasteiger partial charge in [0.2, 0.25) is 0 Å². The van der Waals surface area contributed by atoms with E-state index in [4.69, 9.17) is 5.11 Å². The Labute approximate surface area is 91.1 Å². The van der Waals surface area contributed by atoms with Gasteiger partial charge < -0.3 is 10.2 Å². The lowest BCUT2D eigenvalue weighted by Gasteiger charge is -2.16. The molecule has 0 aromatic carbocycles. The molecule has 0 radical (unpaired) electrons. The third kappa shape index (κ3) is 6.20. The molecule has 2 atom stereocenters. The average molecular weight is 212 g/mol. The van der Waals surface area contributed by atoms with E-state index in [1.54, 1.807) is 12.2 Å². The maximum atomic E-state index is 10.7. The smallest absolute Gasteiger partial charge is 0.152 e. The lowest BCUT2D eigenvalue weighted by Crippen LogP contribution is -2.21. The minimum Gasteiger partial charge on any atom is -0.396 e. The van der Waals surface area contributed by atoms with E-state index in [0.717, 1.165) is 5.57 Å². The number of ketones is 1. The van der Waals surface area contributed by atoms with Gasteiger partial charge in [-0.15, -0.1) is 0 Å². The fourth-order valence-electron chi connectivity index (χ4n) is 1.23. The van der Waals surface area contributed by atoms with Crippen molar-refractivity contribution in [2.24, 2.45) is 5.92 Å². The van der Waals surface area contributed by atoms with Crippen LogP contribution in [0.15, 0.2) is 23.8 Å². The molecule has 0 aromatic rings. The highest BCUT2D eigenvalue weighted by molar-refractivity contribution is 5.87. The first kappa shape index (κ1) is 14.1. The molecule has 0 aliphatic rings. The van der Waals surface area contributed by atoms with Crippen LogP contribution in [0.4, 0.5) is 0 Å². The minimum atomic E-state index is -0.532. The van der Waals surface area contributed by atoms with Gasteiger partial charge >= 0.3 is 0 Å². The standard InChI is InChI=1S/C12H20O3/c1-4-12(15)11(8-13)7-9(2)5-6-10(3)14/h5-7,11-13,15H,4,8H2,1-3H3/b6-5+,9-7+/t11-,12+/m0/s1. The number of aliphatic hydroxyl groups is 2. The summed E-state index contributed by atoms with van der Waals surface area (Å²) in [4.78, 5) is 10.7. The molecule has 3 heteroatoms. The summed E-state index contributed by atoms with van der Waals surface area (Å²) in [6.07, 6.45) is 5.01. The normalized spacial score (nSPS) is 16.7. The first-order chi connectivity index (χ1) is 7.01. The van der Waals surface area contributed by atoms with Crippen molar-refractivity contribution in [3.63, 3.8) is 0 Å². The van der Waals surface area contributed by atoms with Gasteiger partial charge in [-0.1, -0.05) is 24.6 Å². The van der Waals surface area contributed by atoms with Crippen molar-refractivity contribution < 1.29 is 15.0 Å². The molecule has 0 aromatic heterocycles. The van der Waals surface area contributed by atoms with E-state index in [0.29, 0.717) is 6.42 Å². The molecule has 0 heterocycles. The second-order valence-corrected chi connectivity index (χ2v) is 3.68. The molecule has 0 saturated heterocycles. The lowest BCUT2D eigenvalue weighted by molar-refractivity contribution is -0.112. The number of hydrogen-bond acceptors (Lipinski definition) is 3. The van der Waals surface area contributed by atoms with Crippen LogP contribution < -0.4 is 0 Å². The SMILES string of the molecule is CC[C@@H](O)[C@@H](/C=C(C)/C=C/C(C)=O)CO. The fraction of sp³-hybridized carbons (Fsp3) is 0.583. The molecule has 0 spiro atoms. The van der Waals surface area contributed by atoms with Gasteiger partial charge in [0.1, 0.15) is 0 Å². The van der Waals surface area contributed by atoms with Gasteiger partial charge in [-0.2, -0.15) is 0 Å². The van der Waals surface area contributed by atoms with Crippen molar-refractivity contribution >= 4 is 5.78 Å². The van der Waals surface area contributed by atoms with E-state index in [9.17, 15) is 9.90 Å². The molecular weight excluding hydrogens is 192 g/mol. The Bertz CT molecular complexity index is 254. The van der Waals surface area contributed by atoms with Crippen LogP contribution >= 0.6 is 0 Å². The van der Waals surface area contributed by atoms with E-state index < -0.39 is 6.10 Å². The summed E-state index contributed by atoms with van der Waals surface area (Å²) < 4.78 is 0. The molecule has 0 amide bonds. The van der Waals surface area contributed by atoms with Gasteiger partial charge in [0.15, 0.2) is 5.78 Å². The zero-order chi connectivity index (χ0) is 11.8. The van der Waals surface area contributed by atoms with Crippen LogP contribution in [-0.4, -0.2) is 28.7 Å². The number of carbonyl (C=O) groups is 1. The van der Waals surface area contributed by atoms with Gasteiger partial charge in [0, 0.05) is 5.92 Å². The number of hydrogen-bond donors (Lipinski definition) is 2. The predicted molar refractivity (Wildman–Crippen MR) is 60.5 cm³/mol. The number of carbonyl (C=O) groups excluding carboxylic acids is 1. The maximum absolute atomic E-state index is 10.7. The van der Waals surface area contributed by atoms with Crippen LogP contribution in [0, 0.1) is 5.92 Å². The molecule has 15 heavy (non-hydrogen) atoms. The molecular formula is C12H20O3. The topological polar surface area (TPSA) is 57.5 Å². The zero-order valence-electron chi connectivity index (χ0n) is 9.60. The number of rotatable bonds is 6. The highest BCUT2D eigenvalue weighted by Gasteiger charge is 2.13. The Morgan fingerprint density at radius 1 is 1.33 bits per heavy atom. The minimum absolute atomic E-state index is 0.0145. The van der Waals surface area contributed by atoms with E-state index in [2.05, 4.69) is 0 Å². The summed E-state index contributed by atoms with van der Waals surface area (Å²) in [5.41, 5.74) is 0.872. The summed E-state index contributed by atoms with van der Waals surface area (Å²) in [6, 6.07) is 0. The lowest BCUT2D eigenvalue weighted by atomic mass is 9.98. The van der Waals surface area contributed by atoms with Crippen molar-refractivity contribution in [2.45, 2.75) is 33.3 Å². The van der Waals surface area contributed by atoms with Crippen molar-refractivity contribution in [1.82, 2.24) is 0 Å². The Morgan fingerprint density at radius 2 is 1.93 bits per heavy atom. The molecule has 0 unspecified atom stereocenters. The fourth-order valence-corrected chi connectivity index (χ4v) is 1.23. The quantitative estimate of drug-likeness (QED) is 0.517. The Balaban J connectivity index is 4.48. The number of allylic oxidation sites excluding steroid dienone is 3. The molecule has 0 bridgehead atoms. The van der Waals surface area contributed by atoms with E-state index in [-0.39, 0.29) is 18.3 Å². The average Bonchev–Trinajstić information content (AvgIpc) is 2.21. The number of aliphatic hydroxyl groups excluding tert-OH is 2. The van der Waals surface area contributed by atoms with Crippen LogP contribution in [0.5, 0.6) is 0 Å². The molecule has 2 N–H and O–H groups in total. The summed E-state index contributed by atoms with van der Waals surface area (Å²) in [5, 5.41) is 18.6. The van der Waals surface area contributed by atoms with Crippen LogP contribution in [0.3, 0.4) is 0 Å². The summed E-state index contributed by atoms with van der Waals surface area (Å²) in [5.74, 6) is -0.272. The van der Waals surface area contributed by atoms with Crippen molar-refractivity contribution in [2.75, 3.05) is 6.61 Å². The van der Waals surface area contributed by atoms with Gasteiger partial charge in [-0.25, -0.2) is 0 Å². The third-order valence-corrected chi connectivity index (χ3v) is 2.18. The third-order valence-electron chi connectivity index (χ3n) is 2.18. The first-order valence-electron chi connectivity index (χ1n) is 5.17. The highest BCUT2D eigenvalue weighted by Crippen LogP contribution is 2.11. The second kappa shape index (κ2) is 7.37. The molecule has 0 rings (SSSR count). The second-order valence-electron chi connectivity index (χ2n) is 3.68. The molecule has 3 nitrogen and oxygen atoms in total. The van der Waals surface area contributed by atoms with Gasteiger partial charge in [-0.3, -0.25) is 4.79 Å². The monoisotopic (exact) mass is 212 g/mol. The van der Waals surface area contributed by atoms with Crippen molar-refractivity contribution in [3.05, 3.63) is 23.8 Å². The van der Waals surface area contributed by atoms with E-state index in [1.807, 2.05) is 13.8 Å². The Morgan fingerprint density at radius 3 is 2.33 bits per heavy atom. The van der Waals surface area contributed by atoms with Gasteiger partial charge in [0.25, 0.3) is 0 Å². The van der Waals surface area contributed by atoms with Gasteiger partial charge in [0.05, 0.1) is 12.7 Å². The zero-order valence-corrected chi connectivity index (χ0v) is 9.60. The summed E-state index contributed by atoms with van der Waals surface area (Å²) in [6.45, 7) is 5.10. The van der Waals surface area contributed by atoms with E-state index in [1.165, 1.54) is 13.0 Å². The van der Waals surface area contributed by atoms with Crippen molar-refractivity contribution in [1.29, 1.82) is 0 Å². The van der Waals surface area contributed by atoms with E-state index >= 15 is 0 Å². The highest BCUT2D eigenvalue weighted by atomic mass is 16.3. The molecule has 0 aliphatic carbocycles. The molecule has 86 valence electrons.